The van der Waals surface area contributed by atoms with Crippen LogP contribution in [0.15, 0.2) is 36.7 Å². The van der Waals surface area contributed by atoms with Crippen LogP contribution in [0.3, 0.4) is 0 Å². The van der Waals surface area contributed by atoms with Crippen molar-refractivity contribution in [2.24, 2.45) is 0 Å². The Labute approximate surface area is 136 Å². The molecule has 0 spiro atoms. The van der Waals surface area contributed by atoms with Gasteiger partial charge < -0.3 is 15.0 Å². The molecule has 0 aliphatic heterocycles. The van der Waals surface area contributed by atoms with E-state index >= 15 is 0 Å². The molecule has 0 fully saturated rings. The van der Waals surface area contributed by atoms with Crippen LogP contribution in [0.1, 0.15) is 16.1 Å². The third kappa shape index (κ3) is 2.37. The molecule has 0 aliphatic rings. The van der Waals surface area contributed by atoms with E-state index in [9.17, 15) is 4.79 Å². The zero-order valence-electron chi connectivity index (χ0n) is 12.1. The lowest BCUT2D eigenvalue weighted by atomic mass is 10.1. The van der Waals surface area contributed by atoms with Crippen molar-refractivity contribution in [2.75, 3.05) is 12.8 Å². The van der Waals surface area contributed by atoms with Crippen LogP contribution < -0.4 is 5.73 Å². The number of hydrogen-bond acceptors (Lipinski definition) is 5. The molecule has 2 heterocycles. The summed E-state index contributed by atoms with van der Waals surface area (Å²) in [7, 11) is 1.26. The van der Waals surface area contributed by atoms with E-state index in [1.807, 2.05) is 12.1 Å². The van der Waals surface area contributed by atoms with Gasteiger partial charge in [-0.2, -0.15) is 5.26 Å². The molecule has 23 heavy (non-hydrogen) atoms. The Hall–Kier alpha value is -3.04. The largest absolute Gasteiger partial charge is 0.464 e. The Morgan fingerprint density at radius 2 is 2.22 bits per heavy atom. The van der Waals surface area contributed by atoms with E-state index < -0.39 is 5.97 Å². The summed E-state index contributed by atoms with van der Waals surface area (Å²) >= 11 is 6.06. The molecule has 0 saturated carbocycles. The number of methoxy groups -OCH3 is 1. The average molecular weight is 327 g/mol. The molecule has 0 saturated heterocycles. The molecule has 0 atom stereocenters. The van der Waals surface area contributed by atoms with Crippen LogP contribution in [-0.4, -0.2) is 22.6 Å². The maximum absolute atomic E-state index is 12.0. The highest BCUT2D eigenvalue weighted by molar-refractivity contribution is 6.34. The van der Waals surface area contributed by atoms with E-state index in [2.05, 4.69) is 4.98 Å². The third-order valence-electron chi connectivity index (χ3n) is 3.52. The van der Waals surface area contributed by atoms with Gasteiger partial charge in [0, 0.05) is 23.5 Å². The number of anilines is 1. The van der Waals surface area contributed by atoms with Crippen molar-refractivity contribution in [3.05, 3.63) is 53.1 Å². The van der Waals surface area contributed by atoms with Crippen LogP contribution >= 0.6 is 11.6 Å². The van der Waals surface area contributed by atoms with Crippen molar-refractivity contribution in [1.82, 2.24) is 9.55 Å². The SMILES string of the molecule is COC(=O)c1c(N)c(C#N)cn1-c1ccc2c(Cl)nccc2c1. The average Bonchev–Trinajstić information content (AvgIpc) is 2.90. The molecule has 2 aromatic heterocycles. The van der Waals surface area contributed by atoms with Gasteiger partial charge in [0.1, 0.15) is 11.2 Å². The highest BCUT2D eigenvalue weighted by Gasteiger charge is 2.21. The maximum Gasteiger partial charge on any atom is 0.357 e. The number of aromatic nitrogens is 2. The lowest BCUT2D eigenvalue weighted by Gasteiger charge is -2.10. The van der Waals surface area contributed by atoms with Crippen LogP contribution in [-0.2, 0) is 4.74 Å². The van der Waals surface area contributed by atoms with Gasteiger partial charge in [-0.05, 0) is 29.7 Å². The molecule has 0 amide bonds. The molecule has 7 heteroatoms. The number of carbonyl (C=O) groups is 1. The van der Waals surface area contributed by atoms with E-state index in [4.69, 9.17) is 27.3 Å². The molecular formula is C16H11ClN4O2. The van der Waals surface area contributed by atoms with Gasteiger partial charge in [-0.25, -0.2) is 9.78 Å². The second kappa shape index (κ2) is 5.63. The first-order valence-electron chi connectivity index (χ1n) is 6.60. The van der Waals surface area contributed by atoms with Gasteiger partial charge in [-0.3, -0.25) is 0 Å². The molecular weight excluding hydrogens is 316 g/mol. The summed E-state index contributed by atoms with van der Waals surface area (Å²) in [6.07, 6.45) is 3.10. The van der Waals surface area contributed by atoms with Crippen molar-refractivity contribution < 1.29 is 9.53 Å². The first kappa shape index (κ1) is 14.9. The normalized spacial score (nSPS) is 10.5. The van der Waals surface area contributed by atoms with Gasteiger partial charge in [-0.15, -0.1) is 0 Å². The highest BCUT2D eigenvalue weighted by Crippen LogP contribution is 2.28. The van der Waals surface area contributed by atoms with Gasteiger partial charge in [0.25, 0.3) is 0 Å². The number of carbonyl (C=O) groups excluding carboxylic acids is 1. The van der Waals surface area contributed by atoms with Crippen molar-refractivity contribution in [2.45, 2.75) is 0 Å². The van der Waals surface area contributed by atoms with Crippen molar-refractivity contribution >= 4 is 34.0 Å². The van der Waals surface area contributed by atoms with Crippen molar-refractivity contribution in [3.63, 3.8) is 0 Å². The van der Waals surface area contributed by atoms with E-state index in [1.54, 1.807) is 24.4 Å². The minimum Gasteiger partial charge on any atom is -0.464 e. The quantitative estimate of drug-likeness (QED) is 0.577. The number of ether oxygens (including phenoxy) is 1. The van der Waals surface area contributed by atoms with Crippen LogP contribution in [0.2, 0.25) is 5.15 Å². The lowest BCUT2D eigenvalue weighted by molar-refractivity contribution is 0.0593. The Bertz CT molecular complexity index is 972. The number of nitriles is 1. The molecule has 3 aromatic rings. The minimum absolute atomic E-state index is 0.0900. The molecule has 114 valence electrons. The van der Waals surface area contributed by atoms with Gasteiger partial charge in [-0.1, -0.05) is 11.6 Å². The monoisotopic (exact) mass is 326 g/mol. The fraction of sp³-hybridized carbons (Fsp3) is 0.0625. The second-order valence-electron chi connectivity index (χ2n) is 4.79. The minimum atomic E-state index is -0.614. The number of hydrogen-bond donors (Lipinski definition) is 1. The summed E-state index contributed by atoms with van der Waals surface area (Å²) in [5.74, 6) is -0.614. The summed E-state index contributed by atoms with van der Waals surface area (Å²) < 4.78 is 6.30. The number of rotatable bonds is 2. The summed E-state index contributed by atoms with van der Waals surface area (Å²) in [6, 6.07) is 9.16. The van der Waals surface area contributed by atoms with Crippen LogP contribution in [0.25, 0.3) is 16.5 Å². The van der Waals surface area contributed by atoms with E-state index in [1.165, 1.54) is 17.9 Å². The number of nitrogens with zero attached hydrogens (tertiary/aromatic N) is 3. The van der Waals surface area contributed by atoms with Crippen molar-refractivity contribution in [1.29, 1.82) is 5.26 Å². The topological polar surface area (TPSA) is 93.9 Å². The van der Waals surface area contributed by atoms with Crippen molar-refractivity contribution in [3.8, 4) is 11.8 Å². The first-order valence-corrected chi connectivity index (χ1v) is 6.98. The molecule has 0 unspecified atom stereocenters. The molecule has 1 aromatic carbocycles. The lowest BCUT2D eigenvalue weighted by Crippen LogP contribution is -2.11. The van der Waals surface area contributed by atoms with Gasteiger partial charge in [0.2, 0.25) is 0 Å². The van der Waals surface area contributed by atoms with Gasteiger partial charge in [0.15, 0.2) is 5.69 Å². The smallest absolute Gasteiger partial charge is 0.357 e. The highest BCUT2D eigenvalue weighted by atomic mass is 35.5. The van der Waals surface area contributed by atoms with E-state index in [0.717, 1.165) is 10.8 Å². The number of pyridine rings is 1. The number of nitrogens with two attached hydrogens (primary N) is 1. The van der Waals surface area contributed by atoms with Crippen LogP contribution in [0.4, 0.5) is 5.69 Å². The third-order valence-corrected chi connectivity index (χ3v) is 3.82. The van der Waals surface area contributed by atoms with Crippen LogP contribution in [0, 0.1) is 11.3 Å². The maximum atomic E-state index is 12.0. The number of nitrogen functional groups attached to an aromatic ring is 1. The molecule has 3 rings (SSSR count). The molecule has 2 N–H and O–H groups in total. The van der Waals surface area contributed by atoms with Gasteiger partial charge in [0.05, 0.1) is 18.4 Å². The second-order valence-corrected chi connectivity index (χ2v) is 5.14. The summed E-state index contributed by atoms with van der Waals surface area (Å²) in [5.41, 5.74) is 6.96. The summed E-state index contributed by atoms with van der Waals surface area (Å²) in [4.78, 5) is 16.0. The Morgan fingerprint density at radius 1 is 1.43 bits per heavy atom. The van der Waals surface area contributed by atoms with Gasteiger partial charge >= 0.3 is 5.97 Å². The Kier molecular flexibility index (Phi) is 3.64. The van der Waals surface area contributed by atoms with E-state index in [0.29, 0.717) is 10.8 Å². The number of benzene rings is 1. The predicted octanol–water partition coefficient (Wildman–Crippen LogP) is 2.92. The molecule has 0 radical (unpaired) electrons. The number of halogens is 1. The van der Waals surface area contributed by atoms with E-state index in [-0.39, 0.29) is 16.9 Å². The molecule has 0 bridgehead atoms. The Balaban J connectivity index is 2.26. The fourth-order valence-electron chi connectivity index (χ4n) is 2.40. The zero-order valence-corrected chi connectivity index (χ0v) is 12.8. The molecule has 0 aliphatic carbocycles. The number of esters is 1. The summed E-state index contributed by atoms with van der Waals surface area (Å²) in [5, 5.41) is 11.2. The zero-order chi connectivity index (χ0) is 16.6. The summed E-state index contributed by atoms with van der Waals surface area (Å²) in [6.45, 7) is 0. The fourth-order valence-corrected chi connectivity index (χ4v) is 2.62. The van der Waals surface area contributed by atoms with Crippen LogP contribution in [0.5, 0.6) is 0 Å². The number of fused-ring (bicyclic) bond motifs is 1. The Morgan fingerprint density at radius 3 is 2.91 bits per heavy atom. The first-order chi connectivity index (χ1) is 11.1. The predicted molar refractivity (Wildman–Crippen MR) is 86.5 cm³/mol. The standard InChI is InChI=1S/C16H11ClN4O2/c1-23-16(22)14-13(19)10(7-18)8-21(14)11-2-3-12-9(6-11)4-5-20-15(12)17/h2-6,8H,19H2,1H3. The molecule has 6 nitrogen and oxygen atoms in total.